The smallest absolute Gasteiger partial charge is 0.281 e. The Hall–Kier alpha value is -3.66. The van der Waals surface area contributed by atoms with E-state index >= 15 is 9.18 Å². The van der Waals surface area contributed by atoms with E-state index in [0.29, 0.717) is 18.5 Å². The Morgan fingerprint density at radius 2 is 1.60 bits per heavy atom. The molecule has 1 aliphatic rings. The predicted octanol–water partition coefficient (Wildman–Crippen LogP) is 5.97. The predicted molar refractivity (Wildman–Crippen MR) is 163 cm³/mol. The number of aryl methyl sites for hydroxylation is 4. The van der Waals surface area contributed by atoms with Crippen molar-refractivity contribution in [2.75, 3.05) is 20.8 Å². The summed E-state index contributed by atoms with van der Waals surface area (Å²) in [6.45, 7) is 9.92. The molecule has 0 spiro atoms. The van der Waals surface area contributed by atoms with Gasteiger partial charge in [0.25, 0.3) is 5.91 Å². The minimum absolute atomic E-state index is 0.162. The third kappa shape index (κ3) is 6.34. The fraction of sp³-hybridized carbons (Fsp3) is 0.412. The van der Waals surface area contributed by atoms with E-state index < -0.39 is 35.0 Å². The molecule has 2 N–H and O–H groups in total. The van der Waals surface area contributed by atoms with Crippen LogP contribution in [-0.2, 0) is 31.2 Å². The number of carbonyl (C=O) groups excluding carboxylic acids is 1. The molecule has 3 aromatic carbocycles. The van der Waals surface area contributed by atoms with Crippen LogP contribution in [0.3, 0.4) is 0 Å². The van der Waals surface area contributed by atoms with Crippen molar-refractivity contribution in [3.8, 4) is 0 Å². The number of amides is 1. The molecule has 0 radical (unpaired) electrons. The van der Waals surface area contributed by atoms with Gasteiger partial charge in [0.2, 0.25) is 11.6 Å². The van der Waals surface area contributed by atoms with Gasteiger partial charge in [-0.05, 0) is 71.3 Å². The number of hydrazone groups is 1. The van der Waals surface area contributed by atoms with Gasteiger partial charge in [-0.25, -0.2) is 8.78 Å². The van der Waals surface area contributed by atoms with E-state index in [-0.39, 0.29) is 24.3 Å². The number of carbonyl (C=O) groups is 1. The number of hydrogen-bond acceptors (Lipinski definition) is 6. The van der Waals surface area contributed by atoms with Crippen molar-refractivity contribution in [1.29, 1.82) is 0 Å². The lowest BCUT2D eigenvalue weighted by Crippen LogP contribution is -2.61. The van der Waals surface area contributed by atoms with E-state index in [0.717, 1.165) is 46.0 Å². The van der Waals surface area contributed by atoms with Crippen molar-refractivity contribution in [2.24, 2.45) is 10.8 Å². The molecule has 1 aliphatic heterocycles. The number of hydrogen-bond donors (Lipinski definition) is 1. The SMILES string of the molecule is COC(C)[C@](Cc1cc(C)cc(C)c1)(OC)C(=O)N1N=C(c2cc(F)ccc2F)OC1(CCCN)c1cc(C)cc(C)c1. The minimum atomic E-state index is -1.56. The number of benzene rings is 3. The summed E-state index contributed by atoms with van der Waals surface area (Å²) >= 11 is 0. The fourth-order valence-corrected chi connectivity index (χ4v) is 5.96. The van der Waals surface area contributed by atoms with E-state index in [1.807, 2.05) is 58.0 Å². The number of nitrogens with two attached hydrogens (primary N) is 1. The Morgan fingerprint density at radius 1 is 1.00 bits per heavy atom. The third-order valence-electron chi connectivity index (χ3n) is 8.03. The Bertz CT molecular complexity index is 1490. The number of ether oxygens (including phenoxy) is 3. The number of halogens is 2. The first-order valence-electron chi connectivity index (χ1n) is 14.4. The fourth-order valence-electron chi connectivity index (χ4n) is 5.96. The van der Waals surface area contributed by atoms with Gasteiger partial charge in [-0.1, -0.05) is 58.7 Å². The van der Waals surface area contributed by atoms with Gasteiger partial charge in [0, 0.05) is 32.6 Å². The van der Waals surface area contributed by atoms with Crippen molar-refractivity contribution in [2.45, 2.75) is 71.3 Å². The Morgan fingerprint density at radius 3 is 2.16 bits per heavy atom. The molecule has 0 fully saturated rings. The molecule has 7 nitrogen and oxygen atoms in total. The van der Waals surface area contributed by atoms with Crippen LogP contribution in [0.25, 0.3) is 0 Å². The van der Waals surface area contributed by atoms with Crippen molar-refractivity contribution in [3.05, 3.63) is 105 Å². The molecule has 0 saturated carbocycles. The van der Waals surface area contributed by atoms with Gasteiger partial charge in [0.05, 0.1) is 11.7 Å². The van der Waals surface area contributed by atoms with Crippen LogP contribution in [0, 0.1) is 39.3 Å². The first-order chi connectivity index (χ1) is 20.4. The molecule has 2 unspecified atom stereocenters. The molecule has 3 atom stereocenters. The average Bonchev–Trinajstić information content (AvgIpc) is 3.34. The molecule has 9 heteroatoms. The van der Waals surface area contributed by atoms with E-state index in [2.05, 4.69) is 11.2 Å². The molecular weight excluding hydrogens is 552 g/mol. The van der Waals surface area contributed by atoms with Gasteiger partial charge in [-0.15, -0.1) is 5.10 Å². The summed E-state index contributed by atoms with van der Waals surface area (Å²) in [4.78, 5) is 15.1. The summed E-state index contributed by atoms with van der Waals surface area (Å²) in [5, 5.41) is 5.84. The number of nitrogens with zero attached hydrogens (tertiary/aromatic N) is 2. The van der Waals surface area contributed by atoms with Gasteiger partial charge in [-0.2, -0.15) is 5.01 Å². The van der Waals surface area contributed by atoms with Crippen LogP contribution in [0.5, 0.6) is 0 Å². The third-order valence-corrected chi connectivity index (χ3v) is 8.03. The van der Waals surface area contributed by atoms with Crippen LogP contribution in [0.4, 0.5) is 8.78 Å². The van der Waals surface area contributed by atoms with Crippen LogP contribution in [0.1, 0.15) is 58.7 Å². The molecule has 1 amide bonds. The first-order valence-corrected chi connectivity index (χ1v) is 14.4. The topological polar surface area (TPSA) is 86.4 Å². The maximum Gasteiger partial charge on any atom is 0.281 e. The summed E-state index contributed by atoms with van der Waals surface area (Å²) in [5.41, 5.74) is 8.13. The maximum absolute atomic E-state index is 15.1. The van der Waals surface area contributed by atoms with E-state index in [9.17, 15) is 4.39 Å². The van der Waals surface area contributed by atoms with Crippen molar-refractivity contribution in [1.82, 2.24) is 5.01 Å². The van der Waals surface area contributed by atoms with Crippen LogP contribution >= 0.6 is 0 Å². The van der Waals surface area contributed by atoms with Gasteiger partial charge < -0.3 is 19.9 Å². The zero-order valence-corrected chi connectivity index (χ0v) is 26.0. The van der Waals surface area contributed by atoms with Crippen molar-refractivity contribution < 1.29 is 27.8 Å². The van der Waals surface area contributed by atoms with Gasteiger partial charge in [0.1, 0.15) is 11.6 Å². The highest BCUT2D eigenvalue weighted by atomic mass is 19.1. The van der Waals surface area contributed by atoms with Crippen molar-refractivity contribution >= 4 is 11.8 Å². The minimum Gasteiger partial charge on any atom is -0.443 e. The zero-order valence-electron chi connectivity index (χ0n) is 26.0. The lowest BCUT2D eigenvalue weighted by atomic mass is 9.85. The Balaban J connectivity index is 1.98. The Labute approximate surface area is 252 Å². The Kier molecular flexibility index (Phi) is 9.69. The lowest BCUT2D eigenvalue weighted by Gasteiger charge is -2.42. The maximum atomic E-state index is 15.1. The lowest BCUT2D eigenvalue weighted by molar-refractivity contribution is -0.190. The van der Waals surface area contributed by atoms with Crippen molar-refractivity contribution in [3.63, 3.8) is 0 Å². The molecular formula is C34H41F2N3O4. The van der Waals surface area contributed by atoms with E-state index in [1.165, 1.54) is 19.2 Å². The second kappa shape index (κ2) is 12.9. The standard InChI is InChI=1S/C34H41F2N3O4/c1-21-13-22(2)16-26(15-21)20-33(42-7,25(5)41-6)32(40)39-34(11-8-12-37,27-17-23(3)14-24(4)18-27)43-31(38-39)29-19-28(35)9-10-30(29)36/h9-10,13-19,25H,8,11-12,20,37H2,1-7H3/t25?,33-,34?/m0/s1. The quantitative estimate of drug-likeness (QED) is 0.296. The highest BCUT2D eigenvalue weighted by Crippen LogP contribution is 2.44. The summed E-state index contributed by atoms with van der Waals surface area (Å²) in [6.07, 6.45) is 0.104. The summed E-state index contributed by atoms with van der Waals surface area (Å²) < 4.78 is 47.9. The van der Waals surface area contributed by atoms with Gasteiger partial charge in [-0.3, -0.25) is 4.79 Å². The monoisotopic (exact) mass is 593 g/mol. The zero-order chi connectivity index (χ0) is 31.5. The molecule has 4 rings (SSSR count). The van der Waals surface area contributed by atoms with Crippen LogP contribution < -0.4 is 5.73 Å². The number of rotatable bonds is 11. The van der Waals surface area contributed by atoms with Crippen LogP contribution in [0.2, 0.25) is 0 Å². The van der Waals surface area contributed by atoms with Crippen LogP contribution in [-0.4, -0.2) is 49.3 Å². The normalized spacial score (nSPS) is 18.7. The largest absolute Gasteiger partial charge is 0.443 e. The van der Waals surface area contributed by atoms with E-state index in [1.54, 1.807) is 6.92 Å². The molecule has 0 bridgehead atoms. The van der Waals surface area contributed by atoms with Gasteiger partial charge in [0.15, 0.2) is 5.60 Å². The second-order valence-corrected chi connectivity index (χ2v) is 11.4. The molecule has 1 heterocycles. The summed E-state index contributed by atoms with van der Waals surface area (Å²) in [7, 11) is 2.97. The summed E-state index contributed by atoms with van der Waals surface area (Å²) in [5.74, 6) is -2.17. The molecule has 3 aromatic rings. The first kappa shape index (κ1) is 32.3. The van der Waals surface area contributed by atoms with Gasteiger partial charge >= 0.3 is 0 Å². The molecule has 0 aromatic heterocycles. The van der Waals surface area contributed by atoms with E-state index in [4.69, 9.17) is 19.9 Å². The molecule has 0 aliphatic carbocycles. The number of methoxy groups -OCH3 is 2. The molecule has 0 saturated heterocycles. The summed E-state index contributed by atoms with van der Waals surface area (Å²) in [6, 6.07) is 14.9. The van der Waals surface area contributed by atoms with Crippen LogP contribution in [0.15, 0.2) is 59.7 Å². The molecule has 230 valence electrons. The highest BCUT2D eigenvalue weighted by Gasteiger charge is 2.57. The molecule has 43 heavy (non-hydrogen) atoms. The average molecular weight is 594 g/mol. The second-order valence-electron chi connectivity index (χ2n) is 11.4. The highest BCUT2D eigenvalue weighted by molar-refractivity contribution is 5.98.